The van der Waals surface area contributed by atoms with E-state index in [1.165, 1.54) is 12.1 Å². The molecule has 6 heteroatoms. The normalized spacial score (nSPS) is 25.5. The number of nitrogens with zero attached hydrogens (tertiary/aromatic N) is 2. The molecule has 0 aliphatic carbocycles. The van der Waals surface area contributed by atoms with E-state index in [9.17, 15) is 13.2 Å². The summed E-state index contributed by atoms with van der Waals surface area (Å²) in [5.74, 6) is 0. The van der Waals surface area contributed by atoms with Crippen LogP contribution in [0.25, 0.3) is 0 Å². The molecule has 1 N–H and O–H groups in total. The monoisotopic (exact) mass is 295 g/mol. The number of hydrogen-bond acceptors (Lipinski definition) is 3. The first-order chi connectivity index (χ1) is 9.93. The van der Waals surface area contributed by atoms with Crippen molar-refractivity contribution in [3.63, 3.8) is 0 Å². The second-order valence-corrected chi connectivity index (χ2v) is 5.94. The molecular weight excluding hydrogens is 279 g/mol. The van der Waals surface area contributed by atoms with Crippen molar-refractivity contribution in [2.75, 3.05) is 31.1 Å². The van der Waals surface area contributed by atoms with Crippen molar-refractivity contribution >= 4 is 5.69 Å². The quantitative estimate of drug-likeness (QED) is 0.866. The van der Waals surface area contributed by atoms with Gasteiger partial charge in [0.05, 0.1) is 17.2 Å². The third-order valence-corrected chi connectivity index (χ3v) is 4.56. The van der Waals surface area contributed by atoms with Gasteiger partial charge in [0, 0.05) is 30.7 Å². The summed E-state index contributed by atoms with van der Waals surface area (Å²) in [4.78, 5) is 2.09. The first-order valence-corrected chi connectivity index (χ1v) is 7.01. The molecule has 0 bridgehead atoms. The lowest BCUT2D eigenvalue weighted by Gasteiger charge is -2.24. The molecule has 2 saturated heterocycles. The molecule has 0 aromatic heterocycles. The Bertz CT molecular complexity index is 583. The second-order valence-electron chi connectivity index (χ2n) is 5.94. The molecule has 1 unspecified atom stereocenters. The van der Waals surface area contributed by atoms with Crippen molar-refractivity contribution in [1.82, 2.24) is 5.32 Å². The van der Waals surface area contributed by atoms with Gasteiger partial charge in [0.2, 0.25) is 0 Å². The van der Waals surface area contributed by atoms with Crippen LogP contribution >= 0.6 is 0 Å². The largest absolute Gasteiger partial charge is 0.417 e. The van der Waals surface area contributed by atoms with E-state index < -0.39 is 11.7 Å². The van der Waals surface area contributed by atoms with Crippen LogP contribution in [0.1, 0.15) is 24.0 Å². The molecule has 0 saturated carbocycles. The summed E-state index contributed by atoms with van der Waals surface area (Å²) in [5, 5.41) is 12.3. The zero-order valence-corrected chi connectivity index (χ0v) is 11.5. The highest BCUT2D eigenvalue weighted by atomic mass is 19.4. The molecule has 1 atom stereocenters. The van der Waals surface area contributed by atoms with E-state index in [1.807, 2.05) is 0 Å². The van der Waals surface area contributed by atoms with Gasteiger partial charge < -0.3 is 10.2 Å². The predicted molar refractivity (Wildman–Crippen MR) is 72.9 cm³/mol. The summed E-state index contributed by atoms with van der Waals surface area (Å²) < 4.78 is 38.4. The van der Waals surface area contributed by atoms with Gasteiger partial charge >= 0.3 is 6.18 Å². The molecule has 1 spiro atoms. The molecule has 0 amide bonds. The summed E-state index contributed by atoms with van der Waals surface area (Å²) in [6.07, 6.45) is -2.33. The number of alkyl halides is 3. The summed E-state index contributed by atoms with van der Waals surface area (Å²) in [6, 6.07) is 5.53. The van der Waals surface area contributed by atoms with Crippen molar-refractivity contribution in [3.05, 3.63) is 29.3 Å². The van der Waals surface area contributed by atoms with Crippen LogP contribution in [0.4, 0.5) is 18.9 Å². The Morgan fingerprint density at radius 3 is 2.71 bits per heavy atom. The maximum absolute atomic E-state index is 12.8. The van der Waals surface area contributed by atoms with E-state index in [1.54, 1.807) is 6.07 Å². The van der Waals surface area contributed by atoms with Gasteiger partial charge in [0.25, 0.3) is 0 Å². The summed E-state index contributed by atoms with van der Waals surface area (Å²) in [5.41, 5.74) is -0.200. The summed E-state index contributed by atoms with van der Waals surface area (Å²) in [7, 11) is 0. The predicted octanol–water partition coefficient (Wildman–Crippen LogP) is 2.77. The van der Waals surface area contributed by atoms with Gasteiger partial charge in [-0.05, 0) is 37.6 Å². The maximum Gasteiger partial charge on any atom is 0.417 e. The molecule has 2 aliphatic rings. The lowest BCUT2D eigenvalue weighted by atomic mass is 9.86. The first kappa shape index (κ1) is 14.2. The number of hydrogen-bond donors (Lipinski definition) is 1. The van der Waals surface area contributed by atoms with Gasteiger partial charge in [-0.25, -0.2) is 0 Å². The van der Waals surface area contributed by atoms with E-state index in [0.29, 0.717) is 5.69 Å². The molecule has 2 aliphatic heterocycles. The van der Waals surface area contributed by atoms with Gasteiger partial charge in [-0.2, -0.15) is 18.4 Å². The summed E-state index contributed by atoms with van der Waals surface area (Å²) >= 11 is 0. The van der Waals surface area contributed by atoms with Gasteiger partial charge in [0.1, 0.15) is 0 Å². The molecule has 112 valence electrons. The number of nitriles is 1. The molecular formula is C15H16F3N3. The third kappa shape index (κ3) is 2.58. The Labute approximate surface area is 121 Å². The molecule has 21 heavy (non-hydrogen) atoms. The standard InChI is InChI=1S/C15H16F3N3/c16-15(17,18)13-2-1-12(7-11(13)8-19)21-6-4-14(10-21)3-5-20-9-14/h1-2,7,20H,3-6,9-10H2. The van der Waals surface area contributed by atoms with E-state index in [0.717, 1.165) is 45.1 Å². The van der Waals surface area contributed by atoms with Crippen LogP contribution in [0.2, 0.25) is 0 Å². The Morgan fingerprint density at radius 2 is 2.10 bits per heavy atom. The second kappa shape index (κ2) is 4.92. The van der Waals surface area contributed by atoms with Crippen molar-refractivity contribution < 1.29 is 13.2 Å². The highest BCUT2D eigenvalue weighted by Gasteiger charge is 2.41. The van der Waals surface area contributed by atoms with Crippen LogP contribution in [0, 0.1) is 16.7 Å². The fourth-order valence-electron chi connectivity index (χ4n) is 3.37. The highest BCUT2D eigenvalue weighted by Crippen LogP contribution is 2.39. The van der Waals surface area contributed by atoms with E-state index in [-0.39, 0.29) is 11.0 Å². The number of anilines is 1. The average molecular weight is 295 g/mol. The van der Waals surface area contributed by atoms with Crippen LogP contribution in [-0.2, 0) is 6.18 Å². The minimum Gasteiger partial charge on any atom is -0.371 e. The average Bonchev–Trinajstić information content (AvgIpc) is 3.08. The number of benzene rings is 1. The third-order valence-electron chi connectivity index (χ3n) is 4.56. The fourth-order valence-corrected chi connectivity index (χ4v) is 3.37. The minimum absolute atomic E-state index is 0.246. The van der Waals surface area contributed by atoms with Crippen LogP contribution in [0.3, 0.4) is 0 Å². The van der Waals surface area contributed by atoms with Crippen molar-refractivity contribution in [2.24, 2.45) is 5.41 Å². The maximum atomic E-state index is 12.8. The zero-order valence-electron chi connectivity index (χ0n) is 11.5. The Morgan fingerprint density at radius 1 is 1.29 bits per heavy atom. The van der Waals surface area contributed by atoms with E-state index in [4.69, 9.17) is 5.26 Å². The van der Waals surface area contributed by atoms with E-state index >= 15 is 0 Å². The Hall–Kier alpha value is -1.74. The molecule has 3 nitrogen and oxygen atoms in total. The van der Waals surface area contributed by atoms with Crippen LogP contribution in [0.15, 0.2) is 18.2 Å². The first-order valence-electron chi connectivity index (χ1n) is 7.01. The van der Waals surface area contributed by atoms with Gasteiger partial charge in [-0.3, -0.25) is 0 Å². The van der Waals surface area contributed by atoms with Crippen molar-refractivity contribution in [1.29, 1.82) is 5.26 Å². The molecule has 1 aromatic rings. The molecule has 0 radical (unpaired) electrons. The molecule has 1 aromatic carbocycles. The number of halogens is 3. The van der Waals surface area contributed by atoms with Crippen molar-refractivity contribution in [3.8, 4) is 6.07 Å². The Balaban J connectivity index is 1.86. The Kier molecular flexibility index (Phi) is 3.33. The van der Waals surface area contributed by atoms with Crippen LogP contribution in [0.5, 0.6) is 0 Å². The number of rotatable bonds is 1. The number of nitrogens with one attached hydrogen (secondary N) is 1. The SMILES string of the molecule is N#Cc1cc(N2CCC3(CCNC3)C2)ccc1C(F)(F)F. The fraction of sp³-hybridized carbons (Fsp3) is 0.533. The van der Waals surface area contributed by atoms with E-state index in [2.05, 4.69) is 10.2 Å². The van der Waals surface area contributed by atoms with Gasteiger partial charge in [-0.15, -0.1) is 0 Å². The topological polar surface area (TPSA) is 39.1 Å². The smallest absolute Gasteiger partial charge is 0.371 e. The lowest BCUT2D eigenvalue weighted by Crippen LogP contribution is -2.29. The van der Waals surface area contributed by atoms with Crippen LogP contribution < -0.4 is 10.2 Å². The van der Waals surface area contributed by atoms with Crippen molar-refractivity contribution in [2.45, 2.75) is 19.0 Å². The molecule has 2 fully saturated rings. The summed E-state index contributed by atoms with van der Waals surface area (Å²) in [6.45, 7) is 3.65. The minimum atomic E-state index is -4.48. The molecule has 3 rings (SSSR count). The van der Waals surface area contributed by atoms with Gasteiger partial charge in [0.15, 0.2) is 0 Å². The molecule has 2 heterocycles. The zero-order chi connectivity index (χ0) is 15.1. The van der Waals surface area contributed by atoms with Crippen LogP contribution in [-0.4, -0.2) is 26.2 Å². The highest BCUT2D eigenvalue weighted by molar-refractivity contribution is 5.56. The lowest BCUT2D eigenvalue weighted by molar-refractivity contribution is -0.137. The van der Waals surface area contributed by atoms with Gasteiger partial charge in [-0.1, -0.05) is 0 Å².